The van der Waals surface area contributed by atoms with E-state index >= 15 is 0 Å². The molecule has 0 saturated heterocycles. The Hall–Kier alpha value is -9.12. The van der Waals surface area contributed by atoms with Crippen LogP contribution in [-0.2, 0) is 0 Å². The molecule has 0 bridgehead atoms. The van der Waals surface area contributed by atoms with E-state index in [0.29, 0.717) is 5.69 Å². The van der Waals surface area contributed by atoms with Crippen LogP contribution in [0.1, 0.15) is 33.4 Å². The van der Waals surface area contributed by atoms with Crippen LogP contribution in [0.3, 0.4) is 0 Å². The quantitative estimate of drug-likeness (QED) is 0.146. The lowest BCUT2D eigenvalue weighted by atomic mass is 9.91. The number of benzene rings is 12. The highest BCUT2D eigenvalue weighted by Crippen LogP contribution is 2.52. The Morgan fingerprint density at radius 2 is 0.770 bits per heavy atom. The van der Waals surface area contributed by atoms with Crippen molar-refractivity contribution in [3.63, 3.8) is 0 Å². The number of furan rings is 1. The van der Waals surface area contributed by atoms with Gasteiger partial charge >= 0.3 is 0 Å². The standard InChI is InChI=1S/C70H54N2O2/c1-42-35-43(2)38-52(37-42)71(64-25-13-21-56(68(64)73)51-18-11-17-50(41-51)54-19-9-7-15-46(54)5)62-33-29-48-28-32-61-63(34-30-49-27-31-60(62)66(48)67(49)61)72(53-39-44(3)36-45(4)40-53)65-26-14-24-59-58-23-12-22-57(69(58)74-70(59)65)55-20-10-8-16-47(55)6/h7-41,73H,1-6H3. The Morgan fingerprint density at radius 3 is 1.36 bits per heavy atom. The first-order valence-corrected chi connectivity index (χ1v) is 25.5. The number of aryl methyl sites for hydroxylation is 6. The van der Waals surface area contributed by atoms with Crippen molar-refractivity contribution in [3.8, 4) is 39.1 Å². The Morgan fingerprint density at radius 1 is 0.324 bits per heavy atom. The number of hydrogen-bond donors (Lipinski definition) is 1. The molecule has 0 aliphatic heterocycles. The Labute approximate surface area is 432 Å². The predicted molar refractivity (Wildman–Crippen MR) is 313 cm³/mol. The number of aromatic hydroxyl groups is 1. The molecule has 12 aromatic carbocycles. The van der Waals surface area contributed by atoms with Crippen molar-refractivity contribution >= 4 is 88.4 Å². The summed E-state index contributed by atoms with van der Waals surface area (Å²) in [6, 6.07) is 76.3. The zero-order chi connectivity index (χ0) is 50.4. The Kier molecular flexibility index (Phi) is 10.6. The molecule has 356 valence electrons. The minimum absolute atomic E-state index is 0.219. The number of phenolic OH excluding ortho intramolecular Hbond substituents is 1. The normalized spacial score (nSPS) is 11.7. The predicted octanol–water partition coefficient (Wildman–Crippen LogP) is 20.0. The third-order valence-corrected chi connectivity index (χ3v) is 15.1. The van der Waals surface area contributed by atoms with Gasteiger partial charge in [0.05, 0.1) is 22.7 Å². The molecule has 0 saturated carbocycles. The average molecular weight is 955 g/mol. The number of para-hydroxylation sites is 3. The number of hydrogen-bond acceptors (Lipinski definition) is 4. The molecular formula is C70H54N2O2. The molecule has 0 aliphatic rings. The van der Waals surface area contributed by atoms with Crippen LogP contribution in [0.25, 0.3) is 87.6 Å². The zero-order valence-corrected chi connectivity index (χ0v) is 42.5. The Bertz CT molecular complexity index is 4330. The summed E-state index contributed by atoms with van der Waals surface area (Å²) in [6.07, 6.45) is 0. The van der Waals surface area contributed by atoms with E-state index < -0.39 is 0 Å². The Balaban J connectivity index is 1.03. The van der Waals surface area contributed by atoms with E-state index in [4.69, 9.17) is 4.42 Å². The molecule has 4 heteroatoms. The smallest absolute Gasteiger partial charge is 0.159 e. The van der Waals surface area contributed by atoms with Crippen LogP contribution in [0.5, 0.6) is 5.75 Å². The van der Waals surface area contributed by atoms with Crippen molar-refractivity contribution < 1.29 is 9.52 Å². The van der Waals surface area contributed by atoms with Crippen LogP contribution in [0.2, 0.25) is 0 Å². The van der Waals surface area contributed by atoms with Crippen molar-refractivity contribution in [2.45, 2.75) is 41.5 Å². The number of nitrogens with zero attached hydrogens (tertiary/aromatic N) is 2. The summed E-state index contributed by atoms with van der Waals surface area (Å²) >= 11 is 0. The highest BCUT2D eigenvalue weighted by Gasteiger charge is 2.27. The van der Waals surface area contributed by atoms with Gasteiger partial charge in [0.2, 0.25) is 0 Å². The largest absolute Gasteiger partial charge is 0.505 e. The van der Waals surface area contributed by atoms with E-state index in [1.807, 2.05) is 12.1 Å². The number of phenols is 1. The van der Waals surface area contributed by atoms with E-state index in [-0.39, 0.29) is 5.75 Å². The molecular weight excluding hydrogens is 901 g/mol. The van der Waals surface area contributed by atoms with Gasteiger partial charge in [0, 0.05) is 44.0 Å². The monoisotopic (exact) mass is 954 g/mol. The van der Waals surface area contributed by atoms with Crippen LogP contribution < -0.4 is 9.80 Å². The van der Waals surface area contributed by atoms with E-state index in [1.165, 1.54) is 44.2 Å². The van der Waals surface area contributed by atoms with Crippen LogP contribution in [0, 0.1) is 41.5 Å². The third-order valence-electron chi connectivity index (χ3n) is 15.1. The van der Waals surface area contributed by atoms with Crippen LogP contribution in [0.4, 0.5) is 34.1 Å². The van der Waals surface area contributed by atoms with Gasteiger partial charge in [-0.15, -0.1) is 0 Å². The molecule has 1 N–H and O–H groups in total. The molecule has 0 spiro atoms. The summed E-state index contributed by atoms with van der Waals surface area (Å²) in [5.74, 6) is 0.219. The van der Waals surface area contributed by atoms with Crippen LogP contribution >= 0.6 is 0 Å². The van der Waals surface area contributed by atoms with Crippen LogP contribution in [-0.4, -0.2) is 5.11 Å². The average Bonchev–Trinajstić information content (AvgIpc) is 3.82. The second kappa shape index (κ2) is 17.6. The van der Waals surface area contributed by atoms with Crippen molar-refractivity contribution in [1.82, 2.24) is 0 Å². The highest BCUT2D eigenvalue weighted by atomic mass is 16.3. The lowest BCUT2D eigenvalue weighted by Gasteiger charge is -2.30. The molecule has 0 atom stereocenters. The first-order chi connectivity index (χ1) is 36.1. The summed E-state index contributed by atoms with van der Waals surface area (Å²) in [4.78, 5) is 4.66. The fourth-order valence-electron chi connectivity index (χ4n) is 11.9. The van der Waals surface area contributed by atoms with Gasteiger partial charge in [-0.3, -0.25) is 0 Å². The molecule has 0 amide bonds. The molecule has 13 aromatic rings. The van der Waals surface area contributed by atoms with Gasteiger partial charge in [0.1, 0.15) is 11.3 Å². The fourth-order valence-corrected chi connectivity index (χ4v) is 11.9. The van der Waals surface area contributed by atoms with Gasteiger partial charge in [-0.2, -0.15) is 0 Å². The van der Waals surface area contributed by atoms with E-state index in [9.17, 15) is 5.11 Å². The van der Waals surface area contributed by atoms with Gasteiger partial charge in [-0.05, 0) is 173 Å². The lowest BCUT2D eigenvalue weighted by molar-refractivity contribution is 0.478. The van der Waals surface area contributed by atoms with Crippen molar-refractivity contribution in [2.75, 3.05) is 9.80 Å². The molecule has 1 aromatic heterocycles. The first kappa shape index (κ1) is 44.8. The molecule has 74 heavy (non-hydrogen) atoms. The molecule has 0 unspecified atom stereocenters. The van der Waals surface area contributed by atoms with E-state index in [0.717, 1.165) is 105 Å². The van der Waals surface area contributed by atoms with E-state index in [2.05, 4.69) is 252 Å². The highest BCUT2D eigenvalue weighted by molar-refractivity contribution is 6.28. The zero-order valence-electron chi connectivity index (χ0n) is 42.5. The minimum Gasteiger partial charge on any atom is -0.505 e. The maximum Gasteiger partial charge on any atom is 0.159 e. The maximum atomic E-state index is 12.7. The van der Waals surface area contributed by atoms with Crippen molar-refractivity contribution in [3.05, 3.63) is 246 Å². The van der Waals surface area contributed by atoms with Gasteiger partial charge < -0.3 is 19.3 Å². The summed E-state index contributed by atoms with van der Waals surface area (Å²) < 4.78 is 7.19. The molecule has 0 aliphatic carbocycles. The van der Waals surface area contributed by atoms with Gasteiger partial charge in [0.15, 0.2) is 5.58 Å². The van der Waals surface area contributed by atoms with Gasteiger partial charge in [-0.25, -0.2) is 0 Å². The first-order valence-electron chi connectivity index (χ1n) is 25.5. The third kappa shape index (κ3) is 7.36. The fraction of sp³-hybridized carbons (Fsp3) is 0.0857. The second-order valence-electron chi connectivity index (χ2n) is 20.3. The molecule has 1 heterocycles. The maximum absolute atomic E-state index is 12.7. The number of rotatable bonds is 9. The molecule has 13 rings (SSSR count). The number of fused-ring (bicyclic) bond motifs is 3. The molecule has 0 fully saturated rings. The second-order valence-corrected chi connectivity index (χ2v) is 20.3. The van der Waals surface area contributed by atoms with Crippen molar-refractivity contribution in [1.29, 1.82) is 0 Å². The summed E-state index contributed by atoms with van der Waals surface area (Å²) in [5.41, 5.74) is 20.8. The summed E-state index contributed by atoms with van der Waals surface area (Å²) in [7, 11) is 0. The van der Waals surface area contributed by atoms with Crippen LogP contribution in [0.15, 0.2) is 217 Å². The van der Waals surface area contributed by atoms with Gasteiger partial charge in [0.25, 0.3) is 0 Å². The number of anilines is 6. The minimum atomic E-state index is 0.219. The summed E-state index contributed by atoms with van der Waals surface area (Å²) in [6.45, 7) is 12.9. The van der Waals surface area contributed by atoms with E-state index in [1.54, 1.807) is 0 Å². The lowest BCUT2D eigenvalue weighted by Crippen LogP contribution is -2.12. The van der Waals surface area contributed by atoms with Gasteiger partial charge in [-0.1, -0.05) is 158 Å². The van der Waals surface area contributed by atoms with Crippen molar-refractivity contribution in [2.24, 2.45) is 0 Å². The molecule has 0 radical (unpaired) electrons. The molecule has 4 nitrogen and oxygen atoms in total. The SMILES string of the molecule is Cc1cc(C)cc(N(c2cccc(-c3cccc(-c4ccccc4C)c3)c2O)c2ccc3ccc4c(N(c5cc(C)cc(C)c5)c5cccc6c5oc5c(-c7ccccc7C)cccc56)ccc5ccc2c3c54)c1. The topological polar surface area (TPSA) is 39.9 Å². The summed E-state index contributed by atoms with van der Waals surface area (Å²) in [5, 5.41) is 21.8.